The summed E-state index contributed by atoms with van der Waals surface area (Å²) in [5.41, 5.74) is 1.23. The predicted molar refractivity (Wildman–Crippen MR) is 54.3 cm³/mol. The average molecular weight is 218 g/mol. The van der Waals surface area contributed by atoms with Gasteiger partial charge < -0.3 is 14.9 Å². The van der Waals surface area contributed by atoms with Gasteiger partial charge in [-0.2, -0.15) is 0 Å². The molecule has 0 saturated heterocycles. The maximum absolute atomic E-state index is 8.89. The molecule has 0 fully saturated rings. The zero-order valence-corrected chi connectivity index (χ0v) is 9.47. The number of aryl methyl sites for hydroxylation is 2. The van der Waals surface area contributed by atoms with E-state index in [4.69, 9.17) is 22.1 Å². The van der Waals surface area contributed by atoms with Gasteiger partial charge in [0.25, 0.3) is 0 Å². The lowest BCUT2D eigenvalue weighted by molar-refractivity contribution is -0.302. The van der Waals surface area contributed by atoms with Crippen LogP contribution in [-0.4, -0.2) is 11.0 Å². The lowest BCUT2D eigenvalue weighted by atomic mass is 10.3. The Morgan fingerprint density at radius 1 is 1.69 bits per heavy atom. The van der Waals surface area contributed by atoms with Gasteiger partial charge in [-0.3, -0.25) is 0 Å². The molecule has 0 bridgehead atoms. The monoisotopic (exact) mass is 218 g/mol. The fraction of sp³-hybridized carbons (Fsp3) is 0.500. The number of carboxylic acid groups (broad SMARTS) is 1. The largest absolute Gasteiger partial charge is 0.550 e. The second kappa shape index (κ2) is 5.88. The number of H-pyrrole nitrogens is 1. The van der Waals surface area contributed by atoms with Crippen molar-refractivity contribution in [3.8, 4) is 0 Å². The average Bonchev–Trinajstić information content (AvgIpc) is 2.28. The van der Waals surface area contributed by atoms with Gasteiger partial charge in [0.1, 0.15) is 0 Å². The zero-order chi connectivity index (χ0) is 10.4. The minimum Gasteiger partial charge on any atom is -0.550 e. The molecule has 0 aliphatic heterocycles. The summed E-state index contributed by atoms with van der Waals surface area (Å²) in [6.07, 6.45) is 1.09. The topological polar surface area (TPSA) is 55.9 Å². The molecule has 0 aliphatic carbocycles. The summed E-state index contributed by atoms with van der Waals surface area (Å²) in [6.45, 7) is 5.17. The van der Waals surface area contributed by atoms with Crippen molar-refractivity contribution in [1.82, 2.24) is 4.98 Å². The van der Waals surface area contributed by atoms with Crippen molar-refractivity contribution >= 4 is 29.5 Å². The minimum atomic E-state index is -1.08. The van der Waals surface area contributed by atoms with E-state index in [1.807, 2.05) is 0 Å². The van der Waals surface area contributed by atoms with Crippen LogP contribution in [0.15, 0.2) is 0 Å². The molecule has 1 rings (SSSR count). The van der Waals surface area contributed by atoms with Crippen LogP contribution >= 0.6 is 23.6 Å². The van der Waals surface area contributed by atoms with Crippen LogP contribution in [0.2, 0.25) is 0 Å². The molecule has 1 N–H and O–H groups in total. The number of hydrogen-bond donors (Lipinski definition) is 1. The molecular formula is C8H12NO2S2-. The molecule has 0 unspecified atom stereocenters. The van der Waals surface area contributed by atoms with E-state index in [2.05, 4.69) is 18.8 Å². The van der Waals surface area contributed by atoms with Crippen LogP contribution in [0.4, 0.5) is 0 Å². The van der Waals surface area contributed by atoms with Gasteiger partial charge in [-0.1, -0.05) is 6.92 Å². The van der Waals surface area contributed by atoms with E-state index >= 15 is 0 Å². The first kappa shape index (κ1) is 12.3. The lowest BCUT2D eigenvalue weighted by Gasteiger charge is -1.86. The fourth-order valence-electron chi connectivity index (χ4n) is 0.774. The van der Waals surface area contributed by atoms with Gasteiger partial charge >= 0.3 is 0 Å². The Kier molecular flexibility index (Phi) is 5.57. The Bertz CT molecular complexity index is 323. The van der Waals surface area contributed by atoms with Gasteiger partial charge in [0, 0.05) is 16.5 Å². The predicted octanol–water partition coefficient (Wildman–Crippen LogP) is 1.43. The molecule has 1 aromatic rings. The van der Waals surface area contributed by atoms with Crippen LogP contribution < -0.4 is 5.11 Å². The highest BCUT2D eigenvalue weighted by Gasteiger charge is 1.96. The Hall–Kier alpha value is -0.680. The summed E-state index contributed by atoms with van der Waals surface area (Å²) in [6, 6.07) is 0. The summed E-state index contributed by atoms with van der Waals surface area (Å²) >= 11 is 6.62. The van der Waals surface area contributed by atoms with Crippen LogP contribution in [0.1, 0.15) is 24.4 Å². The summed E-state index contributed by atoms with van der Waals surface area (Å²) < 4.78 is 0.893. The number of carboxylic acids is 1. The number of rotatable bonds is 1. The maximum Gasteiger partial charge on any atom is 0.158 e. The van der Waals surface area contributed by atoms with E-state index in [-0.39, 0.29) is 0 Å². The lowest BCUT2D eigenvalue weighted by Crippen LogP contribution is -2.16. The molecule has 13 heavy (non-hydrogen) atoms. The quantitative estimate of drug-likeness (QED) is 0.725. The van der Waals surface area contributed by atoms with Crippen LogP contribution in [0.3, 0.4) is 0 Å². The number of aromatic amines is 1. The van der Waals surface area contributed by atoms with Crippen molar-refractivity contribution in [3.63, 3.8) is 0 Å². The first-order chi connectivity index (χ1) is 5.97. The van der Waals surface area contributed by atoms with Crippen molar-refractivity contribution in [2.24, 2.45) is 0 Å². The summed E-state index contributed by atoms with van der Waals surface area (Å²) in [7, 11) is 0. The van der Waals surface area contributed by atoms with E-state index in [0.29, 0.717) is 0 Å². The van der Waals surface area contributed by atoms with E-state index in [1.165, 1.54) is 10.6 Å². The van der Waals surface area contributed by atoms with Gasteiger partial charge in [-0.15, -0.1) is 11.3 Å². The Morgan fingerprint density at radius 3 is 2.31 bits per heavy atom. The summed E-state index contributed by atoms with van der Waals surface area (Å²) in [5.74, 6) is -1.08. The summed E-state index contributed by atoms with van der Waals surface area (Å²) in [5, 5.41) is 8.89. The number of aromatic nitrogens is 1. The standard InChI is InChI=1S/C6H9NS2.C2H4O2/c1-3-5-4(2)7-6(8)9-5;1-2(3)4/h3H2,1-2H3,(H,7,8);1H3,(H,3,4)/p-1. The molecule has 0 spiro atoms. The molecule has 0 amide bonds. The third kappa shape index (κ3) is 5.54. The second-order valence-corrected chi connectivity index (χ2v) is 4.18. The minimum absolute atomic E-state index is 0.893. The van der Waals surface area contributed by atoms with E-state index in [1.54, 1.807) is 11.3 Å². The smallest absolute Gasteiger partial charge is 0.158 e. The van der Waals surface area contributed by atoms with E-state index in [0.717, 1.165) is 17.3 Å². The molecule has 0 saturated carbocycles. The Morgan fingerprint density at radius 2 is 2.15 bits per heavy atom. The highest BCUT2D eigenvalue weighted by molar-refractivity contribution is 7.73. The van der Waals surface area contributed by atoms with Crippen molar-refractivity contribution < 1.29 is 9.90 Å². The van der Waals surface area contributed by atoms with Crippen LogP contribution in [0.5, 0.6) is 0 Å². The SMILES string of the molecule is CC(=O)[O-].CCc1sc(=S)[nH]c1C. The van der Waals surface area contributed by atoms with Crippen LogP contribution in [0.25, 0.3) is 0 Å². The zero-order valence-electron chi connectivity index (χ0n) is 7.84. The number of nitrogens with one attached hydrogen (secondary N) is 1. The molecule has 0 atom stereocenters. The first-order valence-electron chi connectivity index (χ1n) is 3.83. The third-order valence-corrected chi connectivity index (χ3v) is 2.73. The highest BCUT2D eigenvalue weighted by atomic mass is 32.1. The van der Waals surface area contributed by atoms with E-state index < -0.39 is 5.97 Å². The number of hydrogen-bond acceptors (Lipinski definition) is 4. The van der Waals surface area contributed by atoms with Gasteiger partial charge in [-0.05, 0) is 32.5 Å². The normalized spacial score (nSPS) is 8.85. The number of thiazole rings is 1. The van der Waals surface area contributed by atoms with Crippen LogP contribution in [0, 0.1) is 10.9 Å². The van der Waals surface area contributed by atoms with Gasteiger partial charge in [0.05, 0.1) is 0 Å². The fourth-order valence-corrected chi connectivity index (χ4v) is 2.01. The first-order valence-corrected chi connectivity index (χ1v) is 5.06. The molecule has 0 aliphatic rings. The van der Waals surface area contributed by atoms with Crippen molar-refractivity contribution in [1.29, 1.82) is 0 Å². The maximum atomic E-state index is 8.89. The molecule has 3 nitrogen and oxygen atoms in total. The van der Waals surface area contributed by atoms with Crippen LogP contribution in [-0.2, 0) is 11.2 Å². The molecule has 1 aromatic heterocycles. The highest BCUT2D eigenvalue weighted by Crippen LogP contribution is 2.13. The molecule has 5 heteroatoms. The summed E-state index contributed by atoms with van der Waals surface area (Å²) in [4.78, 5) is 13.4. The molecule has 0 aromatic carbocycles. The van der Waals surface area contributed by atoms with Gasteiger partial charge in [0.15, 0.2) is 3.95 Å². The molecular weight excluding hydrogens is 206 g/mol. The van der Waals surface area contributed by atoms with Crippen molar-refractivity contribution in [2.45, 2.75) is 27.2 Å². The van der Waals surface area contributed by atoms with Crippen molar-refractivity contribution in [2.75, 3.05) is 0 Å². The number of carbonyl (C=O) groups is 1. The molecule has 74 valence electrons. The Labute approximate surface area is 86.4 Å². The Balaban J connectivity index is 0.000000310. The molecule has 1 heterocycles. The van der Waals surface area contributed by atoms with E-state index in [9.17, 15) is 0 Å². The molecule has 0 radical (unpaired) electrons. The number of carbonyl (C=O) groups excluding carboxylic acids is 1. The second-order valence-electron chi connectivity index (χ2n) is 2.41. The third-order valence-electron chi connectivity index (χ3n) is 1.24. The van der Waals surface area contributed by atoms with Gasteiger partial charge in [0.2, 0.25) is 0 Å². The van der Waals surface area contributed by atoms with Gasteiger partial charge in [-0.25, -0.2) is 0 Å². The number of aliphatic carboxylic acids is 1. The van der Waals surface area contributed by atoms with Crippen molar-refractivity contribution in [3.05, 3.63) is 14.5 Å².